The molecule has 3 aromatic heterocycles. The van der Waals surface area contributed by atoms with E-state index < -0.39 is 16.1 Å². The zero-order valence-electron chi connectivity index (χ0n) is 17.2. The zero-order valence-corrected chi connectivity index (χ0v) is 18.0. The maximum absolute atomic E-state index is 13.0. The third-order valence-corrected chi connectivity index (χ3v) is 6.40. The SMILES string of the molecule is CC(C)(C)[S+]([O-])N[C@@H](Cc1ccccn1)c1ccccc1-c1noc2ncccc12. The summed E-state index contributed by atoms with van der Waals surface area (Å²) in [5, 5.41) is 5.13. The molecule has 3 heterocycles. The lowest BCUT2D eigenvalue weighted by Crippen LogP contribution is -2.42. The molecule has 2 atom stereocenters. The number of nitrogens with zero attached hydrogens (tertiary/aromatic N) is 3. The van der Waals surface area contributed by atoms with Crippen LogP contribution in [0.5, 0.6) is 0 Å². The lowest BCUT2D eigenvalue weighted by Gasteiger charge is -2.29. The molecule has 0 radical (unpaired) electrons. The third-order valence-electron chi connectivity index (χ3n) is 4.79. The Bertz CT molecular complexity index is 1120. The number of fused-ring (bicyclic) bond motifs is 1. The average Bonchev–Trinajstić information content (AvgIpc) is 3.17. The molecule has 4 aromatic rings. The first-order valence-corrected chi connectivity index (χ1v) is 11.0. The molecule has 1 N–H and O–H groups in total. The van der Waals surface area contributed by atoms with E-state index in [2.05, 4.69) is 19.8 Å². The summed E-state index contributed by atoms with van der Waals surface area (Å²) in [5.41, 5.74) is 4.05. The van der Waals surface area contributed by atoms with Crippen LogP contribution < -0.4 is 4.72 Å². The summed E-state index contributed by atoms with van der Waals surface area (Å²) in [6.07, 6.45) is 4.05. The molecular weight excluding hydrogens is 396 g/mol. The Morgan fingerprint density at radius 3 is 2.53 bits per heavy atom. The second kappa shape index (κ2) is 8.55. The highest BCUT2D eigenvalue weighted by molar-refractivity contribution is 7.90. The van der Waals surface area contributed by atoms with Gasteiger partial charge in [0.2, 0.25) is 0 Å². The Hall–Kier alpha value is -2.74. The highest BCUT2D eigenvalue weighted by atomic mass is 32.2. The maximum atomic E-state index is 13.0. The third kappa shape index (κ3) is 4.38. The molecule has 0 aliphatic carbocycles. The van der Waals surface area contributed by atoms with Crippen molar-refractivity contribution in [1.29, 1.82) is 0 Å². The molecule has 0 aliphatic rings. The first-order chi connectivity index (χ1) is 14.4. The zero-order chi connectivity index (χ0) is 21.1. The summed E-state index contributed by atoms with van der Waals surface area (Å²) in [7, 11) is 0. The Kier molecular flexibility index (Phi) is 5.85. The molecule has 1 unspecified atom stereocenters. The lowest BCUT2D eigenvalue weighted by molar-refractivity contribution is 0.451. The van der Waals surface area contributed by atoms with Crippen molar-refractivity contribution < 1.29 is 9.08 Å². The van der Waals surface area contributed by atoms with Gasteiger partial charge in [-0.2, -0.15) is 0 Å². The molecule has 0 bridgehead atoms. The van der Waals surface area contributed by atoms with Crippen LogP contribution in [0.1, 0.15) is 38.1 Å². The van der Waals surface area contributed by atoms with Crippen molar-refractivity contribution in [3.8, 4) is 11.3 Å². The monoisotopic (exact) mass is 420 g/mol. The van der Waals surface area contributed by atoms with Gasteiger partial charge >= 0.3 is 0 Å². The van der Waals surface area contributed by atoms with Gasteiger partial charge in [0.15, 0.2) is 0 Å². The number of rotatable bonds is 6. The maximum Gasteiger partial charge on any atom is 0.258 e. The first kappa shape index (κ1) is 20.5. The van der Waals surface area contributed by atoms with Crippen molar-refractivity contribution >= 4 is 22.5 Å². The van der Waals surface area contributed by atoms with E-state index in [1.165, 1.54) is 0 Å². The second-order valence-electron chi connectivity index (χ2n) is 8.05. The van der Waals surface area contributed by atoms with Crippen LogP contribution in [0.4, 0.5) is 0 Å². The Balaban J connectivity index is 1.79. The summed E-state index contributed by atoms with van der Waals surface area (Å²) < 4.78 is 21.4. The number of pyridine rings is 2. The number of nitrogens with one attached hydrogen (secondary N) is 1. The molecule has 0 fully saturated rings. The lowest BCUT2D eigenvalue weighted by atomic mass is 9.94. The minimum Gasteiger partial charge on any atom is -0.598 e. The predicted molar refractivity (Wildman–Crippen MR) is 119 cm³/mol. The van der Waals surface area contributed by atoms with Crippen molar-refractivity contribution in [2.75, 3.05) is 0 Å². The van der Waals surface area contributed by atoms with E-state index in [4.69, 9.17) is 4.52 Å². The van der Waals surface area contributed by atoms with E-state index in [0.29, 0.717) is 12.1 Å². The van der Waals surface area contributed by atoms with E-state index >= 15 is 0 Å². The van der Waals surface area contributed by atoms with Crippen molar-refractivity contribution in [2.45, 2.75) is 38.0 Å². The topological polar surface area (TPSA) is 86.9 Å². The Labute approximate surface area is 179 Å². The summed E-state index contributed by atoms with van der Waals surface area (Å²) in [6.45, 7) is 5.87. The van der Waals surface area contributed by atoms with Gasteiger partial charge in [-0.3, -0.25) is 4.98 Å². The van der Waals surface area contributed by atoms with Gasteiger partial charge in [-0.25, -0.2) is 4.98 Å². The molecule has 0 saturated carbocycles. The highest BCUT2D eigenvalue weighted by Gasteiger charge is 2.31. The quantitative estimate of drug-likeness (QED) is 0.458. The van der Waals surface area contributed by atoms with Gasteiger partial charge < -0.3 is 9.08 Å². The van der Waals surface area contributed by atoms with E-state index in [9.17, 15) is 4.55 Å². The van der Waals surface area contributed by atoms with Crippen LogP contribution in [0, 0.1) is 0 Å². The smallest absolute Gasteiger partial charge is 0.258 e. The molecule has 4 rings (SSSR count). The standard InChI is InChI=1S/C23H24N4O2S/c1-23(2,3)30(28)27-20(15-16-9-6-7-13-24-16)17-10-4-5-11-18(17)21-19-12-8-14-25-22(19)29-26-21/h4-14,20,27H,15H2,1-3H3/t20-,30?/m0/s1. The second-order valence-corrected chi connectivity index (χ2v) is 10.0. The molecule has 7 heteroatoms. The van der Waals surface area contributed by atoms with Gasteiger partial charge in [-0.1, -0.05) is 35.5 Å². The highest BCUT2D eigenvalue weighted by Crippen LogP contribution is 2.34. The van der Waals surface area contributed by atoms with Gasteiger partial charge in [0.25, 0.3) is 5.71 Å². The minimum atomic E-state index is -1.26. The molecule has 0 amide bonds. The van der Waals surface area contributed by atoms with Gasteiger partial charge in [0.1, 0.15) is 10.4 Å². The van der Waals surface area contributed by atoms with E-state index in [1.54, 1.807) is 12.4 Å². The summed E-state index contributed by atoms with van der Waals surface area (Å²) >= 11 is -1.26. The van der Waals surface area contributed by atoms with Crippen molar-refractivity contribution in [1.82, 2.24) is 19.8 Å². The van der Waals surface area contributed by atoms with Crippen LogP contribution in [0.3, 0.4) is 0 Å². The van der Waals surface area contributed by atoms with Crippen LogP contribution in [-0.2, 0) is 17.8 Å². The van der Waals surface area contributed by atoms with Crippen molar-refractivity contribution in [2.24, 2.45) is 0 Å². The first-order valence-electron chi connectivity index (χ1n) is 9.81. The Morgan fingerprint density at radius 2 is 1.77 bits per heavy atom. The number of hydrogen-bond acceptors (Lipinski definition) is 6. The van der Waals surface area contributed by atoms with Gasteiger partial charge in [-0.15, -0.1) is 4.72 Å². The molecule has 1 aromatic carbocycles. The molecule has 0 aliphatic heterocycles. The minimum absolute atomic E-state index is 0.223. The van der Waals surface area contributed by atoms with Crippen LogP contribution in [0.25, 0.3) is 22.4 Å². The summed E-state index contributed by atoms with van der Waals surface area (Å²) in [6, 6.07) is 17.4. The van der Waals surface area contributed by atoms with Crippen LogP contribution >= 0.6 is 0 Å². The number of aromatic nitrogens is 3. The average molecular weight is 421 g/mol. The van der Waals surface area contributed by atoms with E-state index in [0.717, 1.165) is 27.9 Å². The molecule has 6 nitrogen and oxygen atoms in total. The summed E-state index contributed by atoms with van der Waals surface area (Å²) in [4.78, 5) is 8.72. The molecule has 0 saturated heterocycles. The van der Waals surface area contributed by atoms with E-state index in [-0.39, 0.29) is 6.04 Å². The Morgan fingerprint density at radius 1 is 1.00 bits per heavy atom. The van der Waals surface area contributed by atoms with Gasteiger partial charge in [0, 0.05) is 41.4 Å². The fourth-order valence-corrected chi connectivity index (χ4v) is 4.06. The van der Waals surface area contributed by atoms with E-state index in [1.807, 2.05) is 75.4 Å². The largest absolute Gasteiger partial charge is 0.598 e. The van der Waals surface area contributed by atoms with Crippen molar-refractivity contribution in [3.63, 3.8) is 0 Å². The molecule has 0 spiro atoms. The number of benzene rings is 1. The molecule has 154 valence electrons. The van der Waals surface area contributed by atoms with Crippen LogP contribution in [0.15, 0.2) is 71.5 Å². The molecule has 30 heavy (non-hydrogen) atoms. The summed E-state index contributed by atoms with van der Waals surface area (Å²) in [5.74, 6) is 0. The normalized spacial score (nSPS) is 14.0. The van der Waals surface area contributed by atoms with Crippen LogP contribution in [0.2, 0.25) is 0 Å². The van der Waals surface area contributed by atoms with Gasteiger partial charge in [0.05, 0.1) is 11.4 Å². The predicted octanol–water partition coefficient (Wildman–Crippen LogP) is 4.62. The number of hydrogen-bond donors (Lipinski definition) is 1. The fraction of sp³-hybridized carbons (Fsp3) is 0.261. The molecular formula is C23H24N4O2S. The van der Waals surface area contributed by atoms with Gasteiger partial charge in [-0.05, 0) is 50.6 Å². The van der Waals surface area contributed by atoms with Crippen molar-refractivity contribution in [3.05, 3.63) is 78.2 Å². The fourth-order valence-electron chi connectivity index (χ4n) is 3.24. The van der Waals surface area contributed by atoms with Crippen LogP contribution in [-0.4, -0.2) is 24.4 Å².